The van der Waals surface area contributed by atoms with E-state index >= 15 is 0 Å². The third-order valence-corrected chi connectivity index (χ3v) is 9.52. The number of benzene rings is 6. The summed E-state index contributed by atoms with van der Waals surface area (Å²) in [6.45, 7) is 4.67. The standard InChI is InChI=1S/C43H35N3/c1-43(2)35-22-11-9-20-33(35)41-36(43)24-25-40-42(41)34-21-10-12-23-39(34)46(40)28-45-38(30-16-7-4-8-17-30)27-37(44)32-19-13-18-31(26-32)29-14-5-3-6-15-29/h3-28,37H,44H2,1-2H3/b38-27-,45-28?. The lowest BCUT2D eigenvalue weighted by atomic mass is 9.82. The van der Waals surface area contributed by atoms with Gasteiger partial charge >= 0.3 is 0 Å². The minimum atomic E-state index is -0.337. The summed E-state index contributed by atoms with van der Waals surface area (Å²) in [6, 6.07) is 50.9. The number of hydrogen-bond acceptors (Lipinski definition) is 2. The highest BCUT2D eigenvalue weighted by Crippen LogP contribution is 2.52. The fourth-order valence-corrected chi connectivity index (χ4v) is 7.17. The van der Waals surface area contributed by atoms with E-state index in [1.54, 1.807) is 0 Å². The largest absolute Gasteiger partial charge is 0.321 e. The molecule has 222 valence electrons. The van der Waals surface area contributed by atoms with Gasteiger partial charge in [0.25, 0.3) is 0 Å². The van der Waals surface area contributed by atoms with Crippen LogP contribution >= 0.6 is 0 Å². The molecule has 1 aromatic heterocycles. The molecule has 7 aromatic rings. The Morgan fingerprint density at radius 3 is 2.20 bits per heavy atom. The van der Waals surface area contributed by atoms with Crippen LogP contribution in [0, 0.1) is 0 Å². The van der Waals surface area contributed by atoms with E-state index in [2.05, 4.69) is 146 Å². The summed E-state index contributed by atoms with van der Waals surface area (Å²) in [5.41, 5.74) is 19.7. The molecular weight excluding hydrogens is 558 g/mol. The molecule has 1 aliphatic rings. The van der Waals surface area contributed by atoms with Crippen LogP contribution in [-0.4, -0.2) is 10.9 Å². The summed E-state index contributed by atoms with van der Waals surface area (Å²) in [4.78, 5) is 5.17. The fourth-order valence-electron chi connectivity index (χ4n) is 7.17. The average Bonchev–Trinajstić information content (AvgIpc) is 3.55. The van der Waals surface area contributed by atoms with Gasteiger partial charge in [0.1, 0.15) is 6.34 Å². The monoisotopic (exact) mass is 593 g/mol. The summed E-state index contributed by atoms with van der Waals surface area (Å²) >= 11 is 0. The number of rotatable bonds is 6. The molecule has 8 rings (SSSR count). The van der Waals surface area contributed by atoms with Crippen molar-refractivity contribution >= 4 is 33.8 Å². The van der Waals surface area contributed by atoms with Crippen molar-refractivity contribution in [1.82, 2.24) is 4.57 Å². The van der Waals surface area contributed by atoms with Crippen molar-refractivity contribution < 1.29 is 0 Å². The molecular formula is C43H35N3. The molecule has 46 heavy (non-hydrogen) atoms. The Morgan fingerprint density at radius 1 is 0.674 bits per heavy atom. The van der Waals surface area contributed by atoms with Gasteiger partial charge in [-0.2, -0.15) is 0 Å². The summed E-state index contributed by atoms with van der Waals surface area (Å²) in [7, 11) is 0. The van der Waals surface area contributed by atoms with Gasteiger partial charge in [-0.25, -0.2) is 4.99 Å². The zero-order chi connectivity index (χ0) is 31.3. The summed E-state index contributed by atoms with van der Waals surface area (Å²) in [5, 5.41) is 2.50. The fraction of sp³-hybridized carbons (Fsp3) is 0.0930. The van der Waals surface area contributed by atoms with Crippen molar-refractivity contribution in [2.24, 2.45) is 10.7 Å². The van der Waals surface area contributed by atoms with Crippen molar-refractivity contribution in [2.45, 2.75) is 25.3 Å². The molecule has 2 N–H and O–H groups in total. The normalized spacial score (nSPS) is 14.5. The molecule has 0 amide bonds. The van der Waals surface area contributed by atoms with Gasteiger partial charge in [-0.15, -0.1) is 0 Å². The van der Waals surface area contributed by atoms with E-state index in [-0.39, 0.29) is 11.5 Å². The number of nitrogens with two attached hydrogens (primary N) is 1. The van der Waals surface area contributed by atoms with Gasteiger partial charge in [0.2, 0.25) is 0 Å². The van der Waals surface area contributed by atoms with Crippen molar-refractivity contribution in [2.75, 3.05) is 0 Å². The number of nitrogens with zero attached hydrogens (tertiary/aromatic N) is 2. The van der Waals surface area contributed by atoms with Crippen LogP contribution in [-0.2, 0) is 5.41 Å². The summed E-state index contributed by atoms with van der Waals surface area (Å²) in [5.74, 6) is 0. The first kappa shape index (κ1) is 28.0. The predicted molar refractivity (Wildman–Crippen MR) is 194 cm³/mol. The topological polar surface area (TPSA) is 43.3 Å². The molecule has 1 heterocycles. The number of aromatic nitrogens is 1. The maximum Gasteiger partial charge on any atom is 0.100 e. The number of aliphatic imine (C=N–C) groups is 1. The molecule has 3 nitrogen and oxygen atoms in total. The van der Waals surface area contributed by atoms with Gasteiger partial charge < -0.3 is 5.73 Å². The highest BCUT2D eigenvalue weighted by atomic mass is 15.0. The maximum absolute atomic E-state index is 6.89. The molecule has 0 aliphatic heterocycles. The Morgan fingerprint density at radius 2 is 1.37 bits per heavy atom. The molecule has 3 heteroatoms. The van der Waals surface area contributed by atoms with Crippen LogP contribution in [0.25, 0.3) is 49.8 Å². The zero-order valence-corrected chi connectivity index (χ0v) is 26.1. The first-order valence-electron chi connectivity index (χ1n) is 15.9. The molecule has 6 aromatic carbocycles. The molecule has 0 fully saturated rings. The average molecular weight is 594 g/mol. The number of para-hydroxylation sites is 1. The predicted octanol–water partition coefficient (Wildman–Crippen LogP) is 10.4. The van der Waals surface area contributed by atoms with Crippen molar-refractivity contribution in [3.8, 4) is 22.3 Å². The quantitative estimate of drug-likeness (QED) is 0.151. The van der Waals surface area contributed by atoms with E-state index in [4.69, 9.17) is 10.7 Å². The third-order valence-electron chi connectivity index (χ3n) is 9.52. The van der Waals surface area contributed by atoms with Crippen LogP contribution in [0.5, 0.6) is 0 Å². The molecule has 1 atom stereocenters. The zero-order valence-electron chi connectivity index (χ0n) is 26.1. The van der Waals surface area contributed by atoms with Gasteiger partial charge in [0.05, 0.1) is 22.8 Å². The Hall–Kier alpha value is -5.51. The molecule has 0 saturated heterocycles. The van der Waals surface area contributed by atoms with E-state index in [0.29, 0.717) is 0 Å². The van der Waals surface area contributed by atoms with Crippen LogP contribution < -0.4 is 5.73 Å². The smallest absolute Gasteiger partial charge is 0.100 e. The van der Waals surface area contributed by atoms with Gasteiger partial charge in [-0.1, -0.05) is 141 Å². The maximum atomic E-state index is 6.89. The highest BCUT2D eigenvalue weighted by molar-refractivity contribution is 6.19. The Balaban J connectivity index is 1.27. The molecule has 0 radical (unpaired) electrons. The van der Waals surface area contributed by atoms with Crippen molar-refractivity contribution in [1.29, 1.82) is 0 Å². The highest BCUT2D eigenvalue weighted by Gasteiger charge is 2.37. The van der Waals surface area contributed by atoms with Gasteiger partial charge in [0.15, 0.2) is 0 Å². The molecule has 1 unspecified atom stereocenters. The molecule has 1 aliphatic carbocycles. The molecule has 0 saturated carbocycles. The van der Waals surface area contributed by atoms with E-state index in [1.165, 1.54) is 38.6 Å². The first-order chi connectivity index (χ1) is 22.5. The lowest BCUT2D eigenvalue weighted by molar-refractivity contribution is 0.661. The summed E-state index contributed by atoms with van der Waals surface area (Å²) in [6.07, 6.45) is 4.04. The minimum Gasteiger partial charge on any atom is -0.321 e. The van der Waals surface area contributed by atoms with Crippen LogP contribution in [0.3, 0.4) is 0 Å². The third kappa shape index (κ3) is 4.60. The second-order valence-corrected chi connectivity index (χ2v) is 12.6. The Labute approximate surface area is 270 Å². The van der Waals surface area contributed by atoms with Gasteiger partial charge in [0, 0.05) is 16.2 Å². The van der Waals surface area contributed by atoms with Gasteiger partial charge in [-0.05, 0) is 68.8 Å². The lowest BCUT2D eigenvalue weighted by Crippen LogP contribution is -2.14. The SMILES string of the molecule is CC1(C)c2ccccc2-c2c1ccc1c2c2ccccc2n1C=N/C(=C\C(N)c1cccc(-c2ccccc2)c1)c1ccccc1. The van der Waals surface area contributed by atoms with Crippen LogP contribution in [0.2, 0.25) is 0 Å². The Bertz CT molecular complexity index is 2290. The second-order valence-electron chi connectivity index (χ2n) is 12.6. The lowest BCUT2D eigenvalue weighted by Gasteiger charge is -2.21. The van der Waals surface area contributed by atoms with Gasteiger partial charge in [-0.3, -0.25) is 4.57 Å². The summed E-state index contributed by atoms with van der Waals surface area (Å²) < 4.78 is 2.23. The number of fused-ring (bicyclic) bond motifs is 7. The minimum absolute atomic E-state index is 0.0609. The number of hydrogen-bond donors (Lipinski definition) is 1. The van der Waals surface area contributed by atoms with E-state index in [9.17, 15) is 0 Å². The van der Waals surface area contributed by atoms with E-state index in [0.717, 1.165) is 33.4 Å². The molecule has 0 bridgehead atoms. The van der Waals surface area contributed by atoms with Crippen LogP contribution in [0.15, 0.2) is 157 Å². The second kappa shape index (κ2) is 11.1. The van der Waals surface area contributed by atoms with Crippen LogP contribution in [0.4, 0.5) is 0 Å². The first-order valence-corrected chi connectivity index (χ1v) is 15.9. The van der Waals surface area contributed by atoms with Crippen molar-refractivity contribution in [3.63, 3.8) is 0 Å². The van der Waals surface area contributed by atoms with E-state index in [1.807, 2.05) is 30.6 Å². The van der Waals surface area contributed by atoms with E-state index < -0.39 is 0 Å². The van der Waals surface area contributed by atoms with Crippen molar-refractivity contribution in [3.05, 3.63) is 174 Å². The van der Waals surface area contributed by atoms with Crippen LogP contribution in [0.1, 0.15) is 42.1 Å². The Kier molecular flexibility index (Phi) is 6.78. The molecule has 0 spiro atoms.